The van der Waals surface area contributed by atoms with Gasteiger partial charge >= 0.3 is 47.6 Å². The topological polar surface area (TPSA) is 58.9 Å². The SMILES string of the molecule is CC(CC(=O)C(F)(F)C(F)(F)C(F)(F)C(F)(F)C(F)(F)C(F)(F)C(F)(F)C(F)(F)F)N=NC(=O)c1ccccc1. The Morgan fingerprint density at radius 3 is 1.40 bits per heavy atom. The van der Waals surface area contributed by atoms with E-state index in [1.807, 2.05) is 0 Å². The van der Waals surface area contributed by atoms with Crippen molar-refractivity contribution in [2.75, 3.05) is 0 Å². The molecule has 1 aromatic carbocycles. The van der Waals surface area contributed by atoms with Crippen molar-refractivity contribution in [1.29, 1.82) is 0 Å². The molecule has 0 saturated carbocycles. The standard InChI is InChI=1S/C19H11F17N2O2/c1-8(37-38-11(40)9-5-3-2-4-6-9)7-10(39)12(20,21)13(22,23)14(24,25)15(26,27)16(28,29)17(30,31)18(32,33)19(34,35)36/h2-6,8H,7H2,1H3. The van der Waals surface area contributed by atoms with E-state index < -0.39 is 71.8 Å². The third kappa shape index (κ3) is 5.34. The first-order valence-corrected chi connectivity index (χ1v) is 9.80. The number of halogens is 17. The minimum atomic E-state index is -8.79. The number of nitrogens with zero attached hydrogens (tertiary/aromatic N) is 2. The number of hydrogen-bond acceptors (Lipinski definition) is 3. The maximum atomic E-state index is 13.9. The average molecular weight is 622 g/mol. The summed E-state index contributed by atoms with van der Waals surface area (Å²) in [5.41, 5.74) is -0.211. The molecule has 0 radical (unpaired) electrons. The van der Waals surface area contributed by atoms with Crippen LogP contribution in [-0.2, 0) is 4.79 Å². The van der Waals surface area contributed by atoms with E-state index in [2.05, 4.69) is 10.2 Å². The van der Waals surface area contributed by atoms with Crippen molar-refractivity contribution in [3.05, 3.63) is 35.9 Å². The minimum Gasteiger partial charge on any atom is -0.293 e. The number of carbonyl (C=O) groups excluding carboxylic acids is 2. The average Bonchev–Trinajstić information content (AvgIpc) is 2.81. The van der Waals surface area contributed by atoms with Crippen LogP contribution in [0.3, 0.4) is 0 Å². The van der Waals surface area contributed by atoms with Gasteiger partial charge in [0, 0.05) is 12.0 Å². The van der Waals surface area contributed by atoms with Crippen molar-refractivity contribution in [3.63, 3.8) is 0 Å². The molecule has 228 valence electrons. The van der Waals surface area contributed by atoms with Gasteiger partial charge in [-0.1, -0.05) is 18.2 Å². The van der Waals surface area contributed by atoms with Gasteiger partial charge in [0.05, 0.1) is 6.04 Å². The summed E-state index contributed by atoms with van der Waals surface area (Å²) in [4.78, 5) is 23.2. The smallest absolute Gasteiger partial charge is 0.293 e. The second-order valence-electron chi connectivity index (χ2n) is 7.88. The Kier molecular flexibility index (Phi) is 9.12. The molecule has 1 unspecified atom stereocenters. The van der Waals surface area contributed by atoms with Gasteiger partial charge in [-0.3, -0.25) is 9.59 Å². The van der Waals surface area contributed by atoms with Crippen LogP contribution in [0.25, 0.3) is 0 Å². The fraction of sp³-hybridized carbons (Fsp3) is 0.579. The van der Waals surface area contributed by atoms with Crippen molar-refractivity contribution in [1.82, 2.24) is 0 Å². The van der Waals surface area contributed by atoms with Gasteiger partial charge in [-0.15, -0.1) is 5.11 Å². The van der Waals surface area contributed by atoms with E-state index in [-0.39, 0.29) is 5.56 Å². The lowest BCUT2D eigenvalue weighted by Crippen LogP contribution is -2.75. The summed E-state index contributed by atoms with van der Waals surface area (Å²) < 4.78 is 226. The quantitative estimate of drug-likeness (QED) is 0.188. The largest absolute Gasteiger partial charge is 0.460 e. The van der Waals surface area contributed by atoms with Gasteiger partial charge < -0.3 is 0 Å². The van der Waals surface area contributed by atoms with Crippen LogP contribution in [0.5, 0.6) is 0 Å². The first-order valence-electron chi connectivity index (χ1n) is 9.80. The van der Waals surface area contributed by atoms with Gasteiger partial charge in [0.15, 0.2) is 0 Å². The van der Waals surface area contributed by atoms with Gasteiger partial charge in [-0.05, 0) is 19.1 Å². The molecule has 0 aliphatic heterocycles. The third-order valence-electron chi connectivity index (χ3n) is 4.92. The molecule has 0 saturated heterocycles. The summed E-state index contributed by atoms with van der Waals surface area (Å²) in [5, 5.41) is 5.77. The Hall–Kier alpha value is -3.03. The molecule has 0 aliphatic rings. The zero-order chi connectivity index (χ0) is 32.0. The van der Waals surface area contributed by atoms with Crippen LogP contribution in [0.15, 0.2) is 40.6 Å². The minimum absolute atomic E-state index is 0.211. The number of carbonyl (C=O) groups is 2. The number of benzene rings is 1. The van der Waals surface area contributed by atoms with E-state index >= 15 is 0 Å². The Bertz CT molecular complexity index is 1110. The van der Waals surface area contributed by atoms with E-state index in [0.717, 1.165) is 12.1 Å². The predicted molar refractivity (Wildman–Crippen MR) is 95.4 cm³/mol. The molecule has 1 aromatic rings. The number of rotatable bonds is 11. The highest BCUT2D eigenvalue weighted by Crippen LogP contribution is 2.64. The van der Waals surface area contributed by atoms with Crippen molar-refractivity contribution >= 4 is 11.7 Å². The third-order valence-corrected chi connectivity index (χ3v) is 4.92. The Labute approximate surface area is 210 Å². The molecule has 1 atom stereocenters. The Morgan fingerprint density at radius 2 is 1.00 bits per heavy atom. The molecule has 0 aliphatic carbocycles. The summed E-state index contributed by atoms with van der Waals surface area (Å²) in [5.74, 6) is -63.1. The fourth-order valence-corrected chi connectivity index (χ4v) is 2.57. The van der Waals surface area contributed by atoms with Crippen molar-refractivity contribution in [2.24, 2.45) is 10.2 Å². The van der Waals surface area contributed by atoms with Crippen molar-refractivity contribution < 1.29 is 84.2 Å². The van der Waals surface area contributed by atoms with Gasteiger partial charge in [0.2, 0.25) is 5.78 Å². The van der Waals surface area contributed by atoms with Gasteiger partial charge in [-0.2, -0.15) is 79.8 Å². The molecule has 0 N–H and O–H groups in total. The molecule has 0 spiro atoms. The molecule has 40 heavy (non-hydrogen) atoms. The Balaban J connectivity index is 3.37. The molecular weight excluding hydrogens is 611 g/mol. The van der Waals surface area contributed by atoms with E-state index in [1.165, 1.54) is 18.2 Å². The maximum absolute atomic E-state index is 13.9. The number of amides is 1. The highest BCUT2D eigenvalue weighted by molar-refractivity contribution is 5.94. The van der Waals surface area contributed by atoms with Crippen LogP contribution in [0, 0.1) is 0 Å². The lowest BCUT2D eigenvalue weighted by Gasteiger charge is -2.42. The van der Waals surface area contributed by atoms with Crippen LogP contribution in [-0.4, -0.2) is 65.4 Å². The van der Waals surface area contributed by atoms with Crippen molar-refractivity contribution in [3.8, 4) is 0 Å². The van der Waals surface area contributed by atoms with Crippen LogP contribution in [0.1, 0.15) is 23.7 Å². The van der Waals surface area contributed by atoms with Gasteiger partial charge in [-0.25, -0.2) is 0 Å². The molecule has 1 rings (SSSR count). The molecule has 0 heterocycles. The van der Waals surface area contributed by atoms with E-state index in [0.29, 0.717) is 6.92 Å². The van der Waals surface area contributed by atoms with E-state index in [1.54, 1.807) is 0 Å². The van der Waals surface area contributed by atoms with Gasteiger partial charge in [0.1, 0.15) is 0 Å². The predicted octanol–water partition coefficient (Wildman–Crippen LogP) is 7.64. The summed E-state index contributed by atoms with van der Waals surface area (Å²) in [6.45, 7) is 0.536. The van der Waals surface area contributed by atoms with Gasteiger partial charge in [0.25, 0.3) is 5.91 Å². The highest BCUT2D eigenvalue weighted by atomic mass is 19.4. The van der Waals surface area contributed by atoms with Crippen LogP contribution in [0.2, 0.25) is 0 Å². The number of hydrogen-bond donors (Lipinski definition) is 0. The van der Waals surface area contributed by atoms with Crippen LogP contribution >= 0.6 is 0 Å². The molecule has 21 heteroatoms. The summed E-state index contributed by atoms with van der Waals surface area (Å²) >= 11 is 0. The first kappa shape index (κ1) is 35.0. The zero-order valence-electron chi connectivity index (χ0n) is 18.8. The number of Topliss-reactive ketones (excluding diaryl/α,β-unsaturated/α-hetero) is 1. The number of alkyl halides is 17. The highest BCUT2D eigenvalue weighted by Gasteiger charge is 2.95. The lowest BCUT2D eigenvalue weighted by atomic mass is 9.87. The van der Waals surface area contributed by atoms with E-state index in [4.69, 9.17) is 0 Å². The molecule has 1 amide bonds. The monoisotopic (exact) mass is 622 g/mol. The van der Waals surface area contributed by atoms with Crippen molar-refractivity contribution in [2.45, 2.75) is 67.0 Å². The molecular formula is C19H11F17N2O2. The number of ketones is 1. The molecule has 0 bridgehead atoms. The fourth-order valence-electron chi connectivity index (χ4n) is 2.57. The maximum Gasteiger partial charge on any atom is 0.460 e. The Morgan fingerprint density at radius 1 is 0.625 bits per heavy atom. The zero-order valence-corrected chi connectivity index (χ0v) is 18.8. The summed E-state index contributed by atoms with van der Waals surface area (Å²) in [6.07, 6.45) is -10.0. The normalized spacial score (nSPS) is 15.8. The number of azo groups is 1. The second kappa shape index (κ2) is 10.4. The molecule has 0 fully saturated rings. The van der Waals surface area contributed by atoms with Crippen LogP contribution in [0.4, 0.5) is 74.6 Å². The van der Waals surface area contributed by atoms with E-state index in [9.17, 15) is 84.2 Å². The first-order chi connectivity index (χ1) is 17.6. The molecule has 4 nitrogen and oxygen atoms in total. The lowest BCUT2D eigenvalue weighted by molar-refractivity contribution is -0.459. The summed E-state index contributed by atoms with van der Waals surface area (Å²) in [6, 6.07) is 4.12. The molecule has 0 aromatic heterocycles. The van der Waals surface area contributed by atoms with Crippen LogP contribution < -0.4 is 0 Å². The second-order valence-corrected chi connectivity index (χ2v) is 7.88. The summed E-state index contributed by atoms with van der Waals surface area (Å²) in [7, 11) is 0.